The van der Waals surface area contributed by atoms with Crippen LogP contribution in [0.15, 0.2) is 6.33 Å². The van der Waals surface area contributed by atoms with E-state index in [2.05, 4.69) is 16.3 Å². The van der Waals surface area contributed by atoms with E-state index in [0.29, 0.717) is 5.19 Å². The monoisotopic (exact) mass is 158 g/mol. The minimum atomic E-state index is 0.674. The first-order valence-corrected chi connectivity index (χ1v) is 4.10. The molecule has 0 fully saturated rings. The Kier molecular flexibility index (Phi) is 3.15. The lowest BCUT2D eigenvalue weighted by atomic mass is 10.4. The van der Waals surface area contributed by atoms with Crippen molar-refractivity contribution in [3.8, 4) is 5.19 Å². The molecule has 0 spiro atoms. The molecule has 0 atom stereocenters. The number of nitrogens with zero attached hydrogens (tertiary/aromatic N) is 2. The molecular formula is C6H10N2OS. The van der Waals surface area contributed by atoms with Crippen LogP contribution in [-0.4, -0.2) is 16.0 Å². The molecular weight excluding hydrogens is 148 g/mol. The zero-order valence-electron chi connectivity index (χ0n) is 5.91. The second-order valence-corrected chi connectivity index (χ2v) is 2.65. The molecule has 1 aromatic heterocycles. The minimum absolute atomic E-state index is 0.674. The van der Waals surface area contributed by atoms with Gasteiger partial charge in [-0.2, -0.15) is 9.36 Å². The van der Waals surface area contributed by atoms with E-state index < -0.39 is 0 Å². The number of aromatic nitrogens is 2. The Morgan fingerprint density at radius 2 is 2.60 bits per heavy atom. The van der Waals surface area contributed by atoms with Gasteiger partial charge in [0.1, 0.15) is 6.33 Å². The average Bonchev–Trinajstić information content (AvgIpc) is 2.41. The van der Waals surface area contributed by atoms with E-state index in [9.17, 15) is 0 Å². The maximum absolute atomic E-state index is 5.23. The van der Waals surface area contributed by atoms with Gasteiger partial charge in [-0.05, 0) is 6.42 Å². The van der Waals surface area contributed by atoms with Gasteiger partial charge in [0, 0.05) is 11.5 Å². The number of unbranched alkanes of at least 4 members (excludes halogenated alkanes) is 1. The Balaban J connectivity index is 2.15. The molecule has 1 aromatic rings. The van der Waals surface area contributed by atoms with Crippen LogP contribution in [0.2, 0.25) is 0 Å². The van der Waals surface area contributed by atoms with Gasteiger partial charge in [-0.1, -0.05) is 13.3 Å². The van der Waals surface area contributed by atoms with Crippen LogP contribution in [-0.2, 0) is 0 Å². The van der Waals surface area contributed by atoms with Gasteiger partial charge in [-0.25, -0.2) is 0 Å². The topological polar surface area (TPSA) is 35.0 Å². The number of hydrogen-bond acceptors (Lipinski definition) is 4. The highest BCUT2D eigenvalue weighted by Gasteiger charge is 1.93. The summed E-state index contributed by atoms with van der Waals surface area (Å²) in [5.41, 5.74) is 0. The van der Waals surface area contributed by atoms with Crippen molar-refractivity contribution in [2.45, 2.75) is 19.8 Å². The number of ether oxygens (including phenoxy) is 1. The fourth-order valence-electron chi connectivity index (χ4n) is 0.530. The van der Waals surface area contributed by atoms with Gasteiger partial charge >= 0.3 is 0 Å². The molecule has 0 aliphatic rings. The third-order valence-electron chi connectivity index (χ3n) is 1.06. The Morgan fingerprint density at radius 3 is 3.20 bits per heavy atom. The summed E-state index contributed by atoms with van der Waals surface area (Å²) in [5.74, 6) is 0. The summed E-state index contributed by atoms with van der Waals surface area (Å²) in [4.78, 5) is 3.87. The van der Waals surface area contributed by atoms with E-state index in [4.69, 9.17) is 4.74 Å². The fourth-order valence-corrected chi connectivity index (χ4v) is 0.945. The molecule has 0 aromatic carbocycles. The first-order valence-electron chi connectivity index (χ1n) is 3.33. The molecule has 0 saturated heterocycles. The molecule has 3 nitrogen and oxygen atoms in total. The molecule has 0 saturated carbocycles. The summed E-state index contributed by atoms with van der Waals surface area (Å²) in [6.07, 6.45) is 3.74. The number of rotatable bonds is 4. The highest BCUT2D eigenvalue weighted by Crippen LogP contribution is 2.09. The van der Waals surface area contributed by atoms with Crippen molar-refractivity contribution in [1.82, 2.24) is 9.36 Å². The molecule has 0 bridgehead atoms. The molecule has 56 valence electrons. The summed E-state index contributed by atoms with van der Waals surface area (Å²) < 4.78 is 9.04. The lowest BCUT2D eigenvalue weighted by Gasteiger charge is -1.97. The molecule has 1 rings (SSSR count). The highest BCUT2D eigenvalue weighted by molar-refractivity contribution is 7.07. The van der Waals surface area contributed by atoms with E-state index in [1.165, 1.54) is 17.9 Å². The van der Waals surface area contributed by atoms with Crippen molar-refractivity contribution in [2.75, 3.05) is 6.61 Å². The van der Waals surface area contributed by atoms with Gasteiger partial charge in [0.05, 0.1) is 6.61 Å². The van der Waals surface area contributed by atoms with Gasteiger partial charge in [-0.15, -0.1) is 0 Å². The van der Waals surface area contributed by atoms with Gasteiger partial charge in [0.2, 0.25) is 0 Å². The van der Waals surface area contributed by atoms with E-state index in [1.807, 2.05) is 0 Å². The maximum Gasteiger partial charge on any atom is 0.292 e. The lowest BCUT2D eigenvalue weighted by molar-refractivity contribution is 0.308. The van der Waals surface area contributed by atoms with Crippen LogP contribution in [0.1, 0.15) is 19.8 Å². The molecule has 4 heteroatoms. The maximum atomic E-state index is 5.23. The van der Waals surface area contributed by atoms with Crippen molar-refractivity contribution >= 4 is 11.5 Å². The van der Waals surface area contributed by atoms with Crippen molar-refractivity contribution in [3.05, 3.63) is 6.33 Å². The number of hydrogen-bond donors (Lipinski definition) is 0. The molecule has 0 aliphatic heterocycles. The SMILES string of the molecule is CCCCOc1ncns1. The van der Waals surface area contributed by atoms with Crippen molar-refractivity contribution < 1.29 is 4.74 Å². The van der Waals surface area contributed by atoms with Crippen molar-refractivity contribution in [3.63, 3.8) is 0 Å². The Hall–Kier alpha value is -0.640. The van der Waals surface area contributed by atoms with Gasteiger partial charge in [0.15, 0.2) is 0 Å². The van der Waals surface area contributed by atoms with Crippen LogP contribution in [0.4, 0.5) is 0 Å². The first-order chi connectivity index (χ1) is 4.93. The van der Waals surface area contributed by atoms with Crippen LogP contribution < -0.4 is 4.74 Å². The summed E-state index contributed by atoms with van der Waals surface area (Å²) in [5, 5.41) is 0.674. The van der Waals surface area contributed by atoms with E-state index >= 15 is 0 Å². The van der Waals surface area contributed by atoms with Gasteiger partial charge in [0.25, 0.3) is 5.19 Å². The summed E-state index contributed by atoms with van der Waals surface area (Å²) >= 11 is 1.29. The summed E-state index contributed by atoms with van der Waals surface area (Å²) in [6, 6.07) is 0. The van der Waals surface area contributed by atoms with Gasteiger partial charge < -0.3 is 4.74 Å². The van der Waals surface area contributed by atoms with E-state index in [-0.39, 0.29) is 0 Å². The average molecular weight is 158 g/mol. The predicted molar refractivity (Wildman–Crippen MR) is 40.3 cm³/mol. The Labute approximate surface area is 64.2 Å². The molecule has 0 N–H and O–H groups in total. The van der Waals surface area contributed by atoms with Crippen LogP contribution >= 0.6 is 11.5 Å². The van der Waals surface area contributed by atoms with Crippen LogP contribution in [0.5, 0.6) is 5.19 Å². The molecule has 10 heavy (non-hydrogen) atoms. The normalized spacial score (nSPS) is 9.70. The Morgan fingerprint density at radius 1 is 1.70 bits per heavy atom. The third-order valence-corrected chi connectivity index (χ3v) is 1.64. The third kappa shape index (κ3) is 2.31. The fraction of sp³-hybridized carbons (Fsp3) is 0.667. The lowest BCUT2D eigenvalue weighted by Crippen LogP contribution is -1.94. The second kappa shape index (κ2) is 4.22. The van der Waals surface area contributed by atoms with Crippen LogP contribution in [0.3, 0.4) is 0 Å². The quantitative estimate of drug-likeness (QED) is 0.626. The molecule has 0 amide bonds. The van der Waals surface area contributed by atoms with Crippen molar-refractivity contribution in [1.29, 1.82) is 0 Å². The largest absolute Gasteiger partial charge is 0.469 e. The smallest absolute Gasteiger partial charge is 0.292 e. The Bertz CT molecular complexity index is 164. The highest BCUT2D eigenvalue weighted by atomic mass is 32.1. The summed E-state index contributed by atoms with van der Waals surface area (Å²) in [7, 11) is 0. The molecule has 0 radical (unpaired) electrons. The van der Waals surface area contributed by atoms with Crippen molar-refractivity contribution in [2.24, 2.45) is 0 Å². The molecule has 0 unspecified atom stereocenters. The van der Waals surface area contributed by atoms with Gasteiger partial charge in [-0.3, -0.25) is 0 Å². The van der Waals surface area contributed by atoms with E-state index in [0.717, 1.165) is 19.4 Å². The zero-order valence-corrected chi connectivity index (χ0v) is 6.73. The van der Waals surface area contributed by atoms with Crippen LogP contribution in [0, 0.1) is 0 Å². The van der Waals surface area contributed by atoms with Crippen LogP contribution in [0.25, 0.3) is 0 Å². The second-order valence-electron chi connectivity index (χ2n) is 1.91. The first kappa shape index (κ1) is 7.47. The summed E-state index contributed by atoms with van der Waals surface area (Å²) in [6.45, 7) is 2.88. The predicted octanol–water partition coefficient (Wildman–Crippen LogP) is 1.72. The minimum Gasteiger partial charge on any atom is -0.469 e. The standard InChI is InChI=1S/C6H10N2OS/c1-2-3-4-9-6-7-5-8-10-6/h5H,2-4H2,1H3. The zero-order chi connectivity index (χ0) is 7.23. The van der Waals surface area contributed by atoms with E-state index in [1.54, 1.807) is 0 Å². The molecule has 1 heterocycles. The molecule has 0 aliphatic carbocycles.